The summed E-state index contributed by atoms with van der Waals surface area (Å²) in [6, 6.07) is 8.41. The Morgan fingerprint density at radius 3 is 2.85 bits per heavy atom. The normalized spacial score (nSPS) is 10.9. The van der Waals surface area contributed by atoms with Crippen LogP contribution in [0.15, 0.2) is 24.3 Å². The molecule has 1 heterocycles. The molecule has 0 aliphatic carbocycles. The van der Waals surface area contributed by atoms with Gasteiger partial charge in [-0.3, -0.25) is 0 Å². The van der Waals surface area contributed by atoms with E-state index in [-0.39, 0.29) is 0 Å². The highest BCUT2D eigenvalue weighted by Crippen LogP contribution is 2.27. The highest BCUT2D eigenvalue weighted by atomic mass is 32.1. The first-order chi connectivity index (χ1) is 9.85. The number of benzene rings is 1. The van der Waals surface area contributed by atoms with E-state index in [0.29, 0.717) is 0 Å². The number of ether oxygens (including phenoxy) is 1. The first-order valence-electron chi connectivity index (χ1n) is 6.95. The zero-order chi connectivity index (χ0) is 14.2. The Morgan fingerprint density at radius 2 is 2.05 bits per heavy atom. The van der Waals surface area contributed by atoms with Gasteiger partial charge in [-0.2, -0.15) is 0 Å². The molecular weight excluding hydrogens is 270 g/mol. The highest BCUT2D eigenvalue weighted by molar-refractivity contribution is 7.14. The number of aromatic nitrogens is 2. The van der Waals surface area contributed by atoms with E-state index < -0.39 is 0 Å². The minimum Gasteiger partial charge on any atom is -0.383 e. The molecule has 0 amide bonds. The van der Waals surface area contributed by atoms with Crippen LogP contribution >= 0.6 is 11.3 Å². The van der Waals surface area contributed by atoms with Crippen LogP contribution in [0.3, 0.4) is 0 Å². The molecule has 5 heteroatoms. The van der Waals surface area contributed by atoms with Gasteiger partial charge in [0.15, 0.2) is 0 Å². The third-order valence-corrected chi connectivity index (χ3v) is 4.11. The van der Waals surface area contributed by atoms with Crippen molar-refractivity contribution in [1.82, 2.24) is 15.5 Å². The fraction of sp³-hybridized carbons (Fsp3) is 0.467. The van der Waals surface area contributed by atoms with Crippen LogP contribution in [0.4, 0.5) is 0 Å². The predicted molar refractivity (Wildman–Crippen MR) is 83.2 cm³/mol. The summed E-state index contributed by atoms with van der Waals surface area (Å²) in [6.45, 7) is 4.69. The van der Waals surface area contributed by atoms with Gasteiger partial charge in [-0.15, -0.1) is 10.2 Å². The molecule has 1 aromatic carbocycles. The van der Waals surface area contributed by atoms with Gasteiger partial charge in [0.2, 0.25) is 0 Å². The second kappa shape index (κ2) is 8.09. The lowest BCUT2D eigenvalue weighted by Gasteiger charge is -2.02. The van der Waals surface area contributed by atoms with Gasteiger partial charge in [-0.05, 0) is 12.0 Å². The third-order valence-electron chi connectivity index (χ3n) is 3.09. The van der Waals surface area contributed by atoms with Crippen LogP contribution < -0.4 is 5.32 Å². The minimum absolute atomic E-state index is 0.741. The molecule has 0 bridgehead atoms. The van der Waals surface area contributed by atoms with Crippen molar-refractivity contribution in [3.8, 4) is 10.6 Å². The third kappa shape index (κ3) is 4.10. The van der Waals surface area contributed by atoms with Crippen LogP contribution in [-0.4, -0.2) is 37.0 Å². The van der Waals surface area contributed by atoms with Crippen LogP contribution in [0.25, 0.3) is 10.6 Å². The number of methoxy groups -OCH3 is 1. The largest absolute Gasteiger partial charge is 0.383 e. The maximum absolute atomic E-state index is 4.99. The van der Waals surface area contributed by atoms with Crippen molar-refractivity contribution < 1.29 is 4.74 Å². The quantitative estimate of drug-likeness (QED) is 0.759. The van der Waals surface area contributed by atoms with Crippen LogP contribution in [0.2, 0.25) is 0 Å². The summed E-state index contributed by atoms with van der Waals surface area (Å²) in [5.74, 6) is 0. The summed E-state index contributed by atoms with van der Waals surface area (Å²) >= 11 is 1.69. The number of aryl methyl sites for hydroxylation is 1. The van der Waals surface area contributed by atoms with Crippen LogP contribution in [-0.2, 0) is 17.6 Å². The molecule has 0 aliphatic heterocycles. The second-order valence-electron chi connectivity index (χ2n) is 4.50. The van der Waals surface area contributed by atoms with Gasteiger partial charge in [0.1, 0.15) is 10.0 Å². The van der Waals surface area contributed by atoms with Crippen molar-refractivity contribution in [2.45, 2.75) is 19.8 Å². The zero-order valence-corrected chi connectivity index (χ0v) is 12.9. The Balaban J connectivity index is 1.95. The Hall–Kier alpha value is -1.30. The van der Waals surface area contributed by atoms with Crippen LogP contribution in [0.5, 0.6) is 0 Å². The fourth-order valence-electron chi connectivity index (χ4n) is 2.00. The number of hydrogen-bond acceptors (Lipinski definition) is 5. The molecule has 0 aliphatic rings. The van der Waals surface area contributed by atoms with Gasteiger partial charge >= 0.3 is 0 Å². The van der Waals surface area contributed by atoms with Gasteiger partial charge in [-0.1, -0.05) is 42.5 Å². The lowest BCUT2D eigenvalue weighted by Crippen LogP contribution is -2.21. The maximum atomic E-state index is 4.99. The summed E-state index contributed by atoms with van der Waals surface area (Å²) in [5.41, 5.74) is 2.54. The van der Waals surface area contributed by atoms with Crippen molar-refractivity contribution in [1.29, 1.82) is 0 Å². The fourth-order valence-corrected chi connectivity index (χ4v) is 2.89. The Bertz CT molecular complexity index is 527. The molecule has 0 saturated heterocycles. The van der Waals surface area contributed by atoms with Gasteiger partial charge in [0.25, 0.3) is 0 Å². The number of nitrogens with zero attached hydrogens (tertiary/aromatic N) is 2. The molecule has 4 nitrogen and oxygen atoms in total. The van der Waals surface area contributed by atoms with E-state index in [2.05, 4.69) is 46.7 Å². The van der Waals surface area contributed by atoms with Crippen molar-refractivity contribution >= 4 is 11.3 Å². The van der Waals surface area contributed by atoms with E-state index in [1.54, 1.807) is 18.4 Å². The lowest BCUT2D eigenvalue weighted by atomic mass is 10.1. The number of hydrogen-bond donors (Lipinski definition) is 1. The summed E-state index contributed by atoms with van der Waals surface area (Å²) < 4.78 is 4.99. The van der Waals surface area contributed by atoms with Gasteiger partial charge in [0.05, 0.1) is 6.61 Å². The summed E-state index contributed by atoms with van der Waals surface area (Å²) in [5, 5.41) is 14.0. The molecule has 20 heavy (non-hydrogen) atoms. The summed E-state index contributed by atoms with van der Waals surface area (Å²) in [4.78, 5) is 0. The van der Waals surface area contributed by atoms with Crippen molar-refractivity contribution in [3.63, 3.8) is 0 Å². The average Bonchev–Trinajstić information content (AvgIpc) is 2.95. The molecular formula is C15H21N3OS. The molecule has 0 atom stereocenters. The van der Waals surface area contributed by atoms with Crippen LogP contribution in [0.1, 0.15) is 17.5 Å². The van der Waals surface area contributed by atoms with Gasteiger partial charge in [-0.25, -0.2) is 0 Å². The van der Waals surface area contributed by atoms with E-state index in [0.717, 1.165) is 42.6 Å². The first kappa shape index (κ1) is 15.1. The molecule has 0 saturated carbocycles. The predicted octanol–water partition coefficient (Wildman–Crippen LogP) is 2.55. The topological polar surface area (TPSA) is 47.0 Å². The Morgan fingerprint density at radius 1 is 1.20 bits per heavy atom. The van der Waals surface area contributed by atoms with E-state index in [9.17, 15) is 0 Å². The number of nitrogens with one attached hydrogen (secondary N) is 1. The van der Waals surface area contributed by atoms with Crippen molar-refractivity contribution in [3.05, 3.63) is 34.8 Å². The van der Waals surface area contributed by atoms with Crippen molar-refractivity contribution in [2.24, 2.45) is 0 Å². The number of rotatable bonds is 8. The zero-order valence-electron chi connectivity index (χ0n) is 12.1. The average molecular weight is 291 g/mol. The standard InChI is InChI=1S/C15H21N3OS/c1-3-12-6-4-5-7-13(12)15-18-17-14(20-15)8-9-16-10-11-19-2/h4-7,16H,3,8-11H2,1-2H3. The van der Waals surface area contributed by atoms with E-state index in [1.807, 2.05) is 0 Å². The molecule has 1 aromatic heterocycles. The smallest absolute Gasteiger partial charge is 0.148 e. The van der Waals surface area contributed by atoms with Gasteiger partial charge in [0, 0.05) is 32.2 Å². The minimum atomic E-state index is 0.741. The van der Waals surface area contributed by atoms with E-state index in [4.69, 9.17) is 4.74 Å². The maximum Gasteiger partial charge on any atom is 0.148 e. The highest BCUT2D eigenvalue weighted by Gasteiger charge is 2.09. The van der Waals surface area contributed by atoms with Crippen LogP contribution in [0, 0.1) is 0 Å². The molecule has 1 N–H and O–H groups in total. The second-order valence-corrected chi connectivity index (χ2v) is 5.57. The molecule has 0 fully saturated rings. The van der Waals surface area contributed by atoms with Crippen molar-refractivity contribution in [2.75, 3.05) is 26.8 Å². The van der Waals surface area contributed by atoms with Gasteiger partial charge < -0.3 is 10.1 Å². The lowest BCUT2D eigenvalue weighted by molar-refractivity contribution is 0.199. The summed E-state index contributed by atoms with van der Waals surface area (Å²) in [6.07, 6.45) is 1.93. The molecule has 2 aromatic rings. The monoisotopic (exact) mass is 291 g/mol. The first-order valence-corrected chi connectivity index (χ1v) is 7.77. The Labute approximate surface area is 124 Å². The Kier molecular flexibility index (Phi) is 6.11. The van der Waals surface area contributed by atoms with E-state index >= 15 is 0 Å². The molecule has 0 spiro atoms. The molecule has 108 valence electrons. The molecule has 2 rings (SSSR count). The van der Waals surface area contributed by atoms with E-state index in [1.165, 1.54) is 11.1 Å². The molecule has 0 radical (unpaired) electrons. The summed E-state index contributed by atoms with van der Waals surface area (Å²) in [7, 11) is 1.71. The molecule has 0 unspecified atom stereocenters. The SMILES string of the molecule is CCc1ccccc1-c1nnc(CCNCCOC)s1.